The number of hydrogen-bond acceptors (Lipinski definition) is 4. The second kappa shape index (κ2) is 7.21. The summed E-state index contributed by atoms with van der Waals surface area (Å²) in [5.74, 6) is 0.573. The summed E-state index contributed by atoms with van der Waals surface area (Å²) in [4.78, 5) is 6.52. The molecule has 1 aromatic heterocycles. The summed E-state index contributed by atoms with van der Waals surface area (Å²) in [6.07, 6.45) is 4.71. The normalized spacial score (nSPS) is 21.3. The number of nitrogens with zero attached hydrogens (tertiary/aromatic N) is 1. The minimum absolute atomic E-state index is 0.215. The number of rotatable bonds is 7. The molecule has 2 unspecified atom stereocenters. The van der Waals surface area contributed by atoms with Gasteiger partial charge in [0.15, 0.2) is 0 Å². The fourth-order valence-corrected chi connectivity index (χ4v) is 4.30. The molecular formula is C17H30N2OS. The molecule has 4 heteroatoms. The molecule has 0 aliphatic heterocycles. The molecular weight excluding hydrogens is 280 g/mol. The molecule has 0 spiro atoms. The fourth-order valence-electron chi connectivity index (χ4n) is 2.94. The molecule has 21 heavy (non-hydrogen) atoms. The summed E-state index contributed by atoms with van der Waals surface area (Å²) < 4.78 is 6.01. The van der Waals surface area contributed by atoms with Crippen LogP contribution in [0.5, 0.6) is 0 Å². The number of fused-ring (bicyclic) bond motifs is 1. The van der Waals surface area contributed by atoms with Gasteiger partial charge in [0.25, 0.3) is 0 Å². The molecule has 1 heterocycles. The van der Waals surface area contributed by atoms with E-state index in [0.29, 0.717) is 12.0 Å². The predicted molar refractivity (Wildman–Crippen MR) is 90.2 cm³/mol. The number of nitrogens with one attached hydrogen (secondary N) is 1. The number of hydrogen-bond donors (Lipinski definition) is 1. The van der Waals surface area contributed by atoms with Gasteiger partial charge < -0.3 is 10.1 Å². The lowest BCUT2D eigenvalue weighted by molar-refractivity contribution is -0.0325. The first-order chi connectivity index (χ1) is 10.00. The standard InChI is InChI=1S/C17H30N2OS/c1-6-17(5,20-7-2)16-19-15-13(11-18-12(3)4)9-8-10-14(15)21-16/h12-13,18H,6-11H2,1-5H3. The van der Waals surface area contributed by atoms with Crippen molar-refractivity contribution in [2.75, 3.05) is 13.2 Å². The highest BCUT2D eigenvalue weighted by molar-refractivity contribution is 7.11. The van der Waals surface area contributed by atoms with E-state index in [2.05, 4.69) is 39.9 Å². The number of aryl methyl sites for hydroxylation is 1. The fraction of sp³-hybridized carbons (Fsp3) is 0.824. The zero-order valence-corrected chi connectivity index (χ0v) is 15.0. The second-order valence-corrected chi connectivity index (χ2v) is 7.58. The molecule has 1 aliphatic rings. The average Bonchev–Trinajstić information content (AvgIpc) is 2.90. The maximum atomic E-state index is 6.01. The Morgan fingerprint density at radius 3 is 2.81 bits per heavy atom. The molecule has 120 valence electrons. The van der Waals surface area contributed by atoms with Gasteiger partial charge in [0, 0.05) is 30.0 Å². The lowest BCUT2D eigenvalue weighted by atomic mass is 9.90. The van der Waals surface area contributed by atoms with Gasteiger partial charge in [0.1, 0.15) is 10.6 Å². The summed E-state index contributed by atoms with van der Waals surface area (Å²) in [5, 5.41) is 4.75. The summed E-state index contributed by atoms with van der Waals surface area (Å²) in [7, 11) is 0. The molecule has 1 aromatic rings. The quantitative estimate of drug-likeness (QED) is 0.818. The molecule has 3 nitrogen and oxygen atoms in total. The molecule has 0 saturated heterocycles. The Labute approximate surface area is 133 Å². The van der Waals surface area contributed by atoms with Crippen LogP contribution < -0.4 is 5.32 Å². The molecule has 2 atom stereocenters. The topological polar surface area (TPSA) is 34.1 Å². The van der Waals surface area contributed by atoms with Gasteiger partial charge in [0.2, 0.25) is 0 Å². The van der Waals surface area contributed by atoms with Crippen LogP contribution in [0.2, 0.25) is 0 Å². The van der Waals surface area contributed by atoms with E-state index in [4.69, 9.17) is 9.72 Å². The SMILES string of the molecule is CCOC(C)(CC)c1nc2c(s1)CCCC2CNC(C)C. The van der Waals surface area contributed by atoms with Gasteiger partial charge in [-0.05, 0) is 39.5 Å². The second-order valence-electron chi connectivity index (χ2n) is 6.50. The highest BCUT2D eigenvalue weighted by Crippen LogP contribution is 2.40. The Hall–Kier alpha value is -0.450. The van der Waals surface area contributed by atoms with Crippen LogP contribution in [0.15, 0.2) is 0 Å². The summed E-state index contributed by atoms with van der Waals surface area (Å²) in [6, 6.07) is 0.540. The largest absolute Gasteiger partial charge is 0.368 e. The molecule has 0 amide bonds. The van der Waals surface area contributed by atoms with Gasteiger partial charge in [-0.15, -0.1) is 11.3 Å². The van der Waals surface area contributed by atoms with Crippen molar-refractivity contribution < 1.29 is 4.74 Å². The minimum atomic E-state index is -0.215. The Balaban J connectivity index is 2.21. The Bertz CT molecular complexity index is 458. The first-order valence-corrected chi connectivity index (χ1v) is 9.19. The van der Waals surface area contributed by atoms with Crippen LogP contribution in [0, 0.1) is 0 Å². The van der Waals surface area contributed by atoms with Gasteiger partial charge in [-0.1, -0.05) is 20.8 Å². The van der Waals surface area contributed by atoms with Crippen molar-refractivity contribution in [1.29, 1.82) is 0 Å². The Kier molecular flexibility index (Phi) is 5.81. The molecule has 0 bridgehead atoms. The molecule has 0 saturated carbocycles. The van der Waals surface area contributed by atoms with Crippen LogP contribution in [0.1, 0.15) is 75.4 Å². The van der Waals surface area contributed by atoms with Gasteiger partial charge >= 0.3 is 0 Å². The van der Waals surface area contributed by atoms with Crippen LogP contribution in [-0.4, -0.2) is 24.2 Å². The van der Waals surface area contributed by atoms with Crippen molar-refractivity contribution in [2.24, 2.45) is 0 Å². The lowest BCUT2D eigenvalue weighted by Gasteiger charge is -2.25. The van der Waals surface area contributed by atoms with Gasteiger partial charge in [-0.2, -0.15) is 0 Å². The van der Waals surface area contributed by atoms with E-state index in [-0.39, 0.29) is 5.60 Å². The summed E-state index contributed by atoms with van der Waals surface area (Å²) >= 11 is 1.88. The molecule has 0 aromatic carbocycles. The van der Waals surface area contributed by atoms with E-state index < -0.39 is 0 Å². The van der Waals surface area contributed by atoms with Crippen molar-refractivity contribution in [3.8, 4) is 0 Å². The average molecular weight is 311 g/mol. The van der Waals surface area contributed by atoms with Crippen LogP contribution in [0.4, 0.5) is 0 Å². The maximum absolute atomic E-state index is 6.01. The highest BCUT2D eigenvalue weighted by Gasteiger charge is 2.33. The van der Waals surface area contributed by atoms with Gasteiger partial charge in [-0.3, -0.25) is 0 Å². The van der Waals surface area contributed by atoms with Crippen molar-refractivity contribution >= 4 is 11.3 Å². The monoisotopic (exact) mass is 310 g/mol. The maximum Gasteiger partial charge on any atom is 0.125 e. The molecule has 0 fully saturated rings. The Morgan fingerprint density at radius 1 is 1.43 bits per heavy atom. The van der Waals surface area contributed by atoms with E-state index in [1.807, 2.05) is 11.3 Å². The third-order valence-electron chi connectivity index (χ3n) is 4.43. The number of thiazole rings is 1. The zero-order valence-electron chi connectivity index (χ0n) is 14.2. The predicted octanol–water partition coefficient (Wildman–Crippen LogP) is 4.22. The van der Waals surface area contributed by atoms with Gasteiger partial charge in [-0.25, -0.2) is 4.98 Å². The van der Waals surface area contributed by atoms with E-state index >= 15 is 0 Å². The highest BCUT2D eigenvalue weighted by atomic mass is 32.1. The van der Waals surface area contributed by atoms with Crippen molar-refractivity contribution in [2.45, 2.75) is 77.9 Å². The van der Waals surface area contributed by atoms with Crippen LogP contribution in [0.3, 0.4) is 0 Å². The summed E-state index contributed by atoms with van der Waals surface area (Å²) in [5.41, 5.74) is 1.13. The van der Waals surface area contributed by atoms with Crippen molar-refractivity contribution in [3.63, 3.8) is 0 Å². The smallest absolute Gasteiger partial charge is 0.125 e. The lowest BCUT2D eigenvalue weighted by Crippen LogP contribution is -2.30. The van der Waals surface area contributed by atoms with Crippen molar-refractivity contribution in [3.05, 3.63) is 15.6 Å². The van der Waals surface area contributed by atoms with Crippen LogP contribution in [0.25, 0.3) is 0 Å². The van der Waals surface area contributed by atoms with E-state index in [9.17, 15) is 0 Å². The molecule has 1 N–H and O–H groups in total. The minimum Gasteiger partial charge on any atom is -0.368 e. The zero-order chi connectivity index (χ0) is 15.5. The number of ether oxygens (including phenoxy) is 1. The first kappa shape index (κ1) is 16.9. The van der Waals surface area contributed by atoms with Crippen LogP contribution >= 0.6 is 11.3 Å². The Morgan fingerprint density at radius 2 is 2.19 bits per heavy atom. The number of aromatic nitrogens is 1. The molecule has 0 radical (unpaired) electrons. The van der Waals surface area contributed by atoms with E-state index in [1.165, 1.54) is 34.8 Å². The van der Waals surface area contributed by atoms with E-state index in [0.717, 1.165) is 19.6 Å². The van der Waals surface area contributed by atoms with Crippen LogP contribution in [-0.2, 0) is 16.8 Å². The molecule has 1 aliphatic carbocycles. The third kappa shape index (κ3) is 3.85. The van der Waals surface area contributed by atoms with Crippen molar-refractivity contribution in [1.82, 2.24) is 10.3 Å². The molecule has 2 rings (SSSR count). The summed E-state index contributed by atoms with van der Waals surface area (Å²) in [6.45, 7) is 12.6. The van der Waals surface area contributed by atoms with E-state index in [1.54, 1.807) is 0 Å². The third-order valence-corrected chi connectivity index (χ3v) is 5.81. The van der Waals surface area contributed by atoms with Gasteiger partial charge in [0.05, 0.1) is 5.69 Å². The first-order valence-electron chi connectivity index (χ1n) is 8.37.